The van der Waals surface area contributed by atoms with E-state index in [-0.39, 0.29) is 11.9 Å². The molecule has 4 rings (SSSR count). The van der Waals surface area contributed by atoms with Crippen LogP contribution in [0.2, 0.25) is 0 Å². The van der Waals surface area contributed by atoms with Crippen LogP contribution in [0.1, 0.15) is 36.8 Å². The van der Waals surface area contributed by atoms with E-state index in [2.05, 4.69) is 51.7 Å². The Balaban J connectivity index is 1.36. The Kier molecular flexibility index (Phi) is 5.14. The van der Waals surface area contributed by atoms with E-state index >= 15 is 0 Å². The van der Waals surface area contributed by atoms with Crippen LogP contribution >= 0.6 is 0 Å². The highest BCUT2D eigenvalue weighted by Gasteiger charge is 2.28. The van der Waals surface area contributed by atoms with Gasteiger partial charge in [-0.25, -0.2) is 0 Å². The molecule has 1 aliphatic rings. The van der Waals surface area contributed by atoms with E-state index in [1.807, 2.05) is 6.92 Å². The molecule has 1 amide bonds. The first kappa shape index (κ1) is 18.3. The maximum Gasteiger partial charge on any atom is 0.241 e. The first-order valence-corrected chi connectivity index (χ1v) is 9.77. The van der Waals surface area contributed by atoms with Crippen molar-refractivity contribution in [3.05, 3.63) is 65.9 Å². The number of likely N-dealkylation sites (tertiary alicyclic amines) is 1. The summed E-state index contributed by atoms with van der Waals surface area (Å²) in [5.74, 6) is 0.524. The quantitative estimate of drug-likeness (QED) is 0.719. The van der Waals surface area contributed by atoms with Gasteiger partial charge in [-0.3, -0.25) is 9.69 Å². The molecule has 142 valence electrons. The molecule has 0 unspecified atom stereocenters. The SMILES string of the molecule is C[C@@H](C(=O)Nc1ccc(C#N)cc1)N1CCC(c2c[nH]c3ccccc23)CC1. The molecule has 0 bridgehead atoms. The molecule has 2 N–H and O–H groups in total. The number of carbonyl (C=O) groups is 1. The Morgan fingerprint density at radius 3 is 2.61 bits per heavy atom. The standard InChI is InChI=1S/C23H24N4O/c1-16(23(28)26-19-8-6-17(14-24)7-9-19)27-12-10-18(11-13-27)21-15-25-22-5-3-2-4-20(21)22/h2-9,15-16,18,25H,10-13H2,1H3,(H,26,28)/t16-/m0/s1. The number of benzene rings is 2. The van der Waals surface area contributed by atoms with Gasteiger partial charge in [0.25, 0.3) is 0 Å². The third kappa shape index (κ3) is 3.64. The Morgan fingerprint density at radius 1 is 1.18 bits per heavy atom. The van der Waals surface area contributed by atoms with Crippen LogP contribution in [-0.4, -0.2) is 34.9 Å². The lowest BCUT2D eigenvalue weighted by molar-refractivity contribution is -0.121. The van der Waals surface area contributed by atoms with Gasteiger partial charge in [-0.2, -0.15) is 5.26 Å². The van der Waals surface area contributed by atoms with Crippen molar-refractivity contribution in [1.29, 1.82) is 5.26 Å². The van der Waals surface area contributed by atoms with Crippen molar-refractivity contribution in [1.82, 2.24) is 9.88 Å². The number of hydrogen-bond acceptors (Lipinski definition) is 3. The van der Waals surface area contributed by atoms with Crippen molar-refractivity contribution in [2.24, 2.45) is 0 Å². The van der Waals surface area contributed by atoms with Crippen molar-refractivity contribution in [3.8, 4) is 6.07 Å². The van der Waals surface area contributed by atoms with E-state index in [4.69, 9.17) is 5.26 Å². The molecule has 3 aromatic rings. The second kappa shape index (κ2) is 7.87. The van der Waals surface area contributed by atoms with Gasteiger partial charge in [0.05, 0.1) is 17.7 Å². The number of fused-ring (bicyclic) bond motifs is 1. The summed E-state index contributed by atoms with van der Waals surface area (Å²) < 4.78 is 0. The number of hydrogen-bond donors (Lipinski definition) is 2. The van der Waals surface area contributed by atoms with Crippen LogP contribution in [0.25, 0.3) is 10.9 Å². The summed E-state index contributed by atoms with van der Waals surface area (Å²) in [4.78, 5) is 18.3. The van der Waals surface area contributed by atoms with Crippen molar-refractivity contribution in [3.63, 3.8) is 0 Å². The number of carbonyl (C=O) groups excluding carboxylic acids is 1. The summed E-state index contributed by atoms with van der Waals surface area (Å²) in [5.41, 5.74) is 3.90. The molecule has 0 spiro atoms. The molecule has 2 heterocycles. The van der Waals surface area contributed by atoms with Crippen LogP contribution in [0.5, 0.6) is 0 Å². The molecule has 1 aromatic heterocycles. The number of nitrogens with zero attached hydrogens (tertiary/aromatic N) is 2. The van der Waals surface area contributed by atoms with Crippen molar-refractivity contribution in [2.45, 2.75) is 31.7 Å². The number of nitrogens with one attached hydrogen (secondary N) is 2. The highest BCUT2D eigenvalue weighted by atomic mass is 16.2. The third-order valence-electron chi connectivity index (χ3n) is 5.80. The molecule has 0 radical (unpaired) electrons. The zero-order valence-electron chi connectivity index (χ0n) is 16.0. The van der Waals surface area contributed by atoms with E-state index < -0.39 is 0 Å². The number of nitriles is 1. The molecule has 1 aliphatic heterocycles. The number of piperidine rings is 1. The first-order valence-electron chi connectivity index (χ1n) is 9.77. The average Bonchev–Trinajstić information content (AvgIpc) is 3.18. The van der Waals surface area contributed by atoms with E-state index in [0.29, 0.717) is 11.5 Å². The monoisotopic (exact) mass is 372 g/mol. The fourth-order valence-corrected chi connectivity index (χ4v) is 4.07. The van der Waals surface area contributed by atoms with Crippen LogP contribution in [0.15, 0.2) is 54.7 Å². The molecule has 2 aromatic carbocycles. The summed E-state index contributed by atoms with van der Waals surface area (Å²) >= 11 is 0. The number of anilines is 1. The highest BCUT2D eigenvalue weighted by Crippen LogP contribution is 2.33. The third-order valence-corrected chi connectivity index (χ3v) is 5.80. The number of para-hydroxylation sites is 1. The molecule has 28 heavy (non-hydrogen) atoms. The maximum absolute atomic E-state index is 12.6. The summed E-state index contributed by atoms with van der Waals surface area (Å²) in [6.07, 6.45) is 4.25. The lowest BCUT2D eigenvalue weighted by Gasteiger charge is -2.35. The van der Waals surface area contributed by atoms with Crippen molar-refractivity contribution < 1.29 is 4.79 Å². The number of aromatic nitrogens is 1. The molecule has 1 atom stereocenters. The van der Waals surface area contributed by atoms with Gasteiger partial charge in [-0.15, -0.1) is 0 Å². The predicted molar refractivity (Wildman–Crippen MR) is 111 cm³/mol. The molecule has 5 nitrogen and oxygen atoms in total. The average molecular weight is 372 g/mol. The minimum absolute atomic E-state index is 0.00440. The first-order chi connectivity index (χ1) is 13.7. The van der Waals surface area contributed by atoms with Crippen molar-refractivity contribution >= 4 is 22.5 Å². The maximum atomic E-state index is 12.6. The smallest absolute Gasteiger partial charge is 0.241 e. The Bertz CT molecular complexity index is 1010. The second-order valence-electron chi connectivity index (χ2n) is 7.45. The highest BCUT2D eigenvalue weighted by molar-refractivity contribution is 5.94. The van der Waals surface area contributed by atoms with Crippen LogP contribution in [0.4, 0.5) is 5.69 Å². The van der Waals surface area contributed by atoms with Gasteiger partial charge in [0.1, 0.15) is 0 Å². The van der Waals surface area contributed by atoms with Crippen LogP contribution in [0.3, 0.4) is 0 Å². The van der Waals surface area contributed by atoms with Gasteiger partial charge in [-0.1, -0.05) is 18.2 Å². The fourth-order valence-electron chi connectivity index (χ4n) is 4.07. The minimum atomic E-state index is -0.181. The van der Waals surface area contributed by atoms with E-state index in [9.17, 15) is 4.79 Å². The number of aromatic amines is 1. The van der Waals surface area contributed by atoms with E-state index in [0.717, 1.165) is 31.6 Å². The molecule has 1 fully saturated rings. The lowest BCUT2D eigenvalue weighted by Crippen LogP contribution is -2.45. The van der Waals surface area contributed by atoms with Gasteiger partial charge in [0.2, 0.25) is 5.91 Å². The number of amides is 1. The Hall–Kier alpha value is -3.10. The zero-order valence-corrected chi connectivity index (χ0v) is 16.0. The minimum Gasteiger partial charge on any atom is -0.361 e. The summed E-state index contributed by atoms with van der Waals surface area (Å²) in [6, 6.07) is 17.3. The summed E-state index contributed by atoms with van der Waals surface area (Å²) in [7, 11) is 0. The lowest BCUT2D eigenvalue weighted by atomic mass is 9.88. The van der Waals surface area contributed by atoms with Gasteiger partial charge in [0.15, 0.2) is 0 Å². The van der Waals surface area contributed by atoms with Crippen molar-refractivity contribution in [2.75, 3.05) is 18.4 Å². The number of H-pyrrole nitrogens is 1. The van der Waals surface area contributed by atoms with Gasteiger partial charge in [0, 0.05) is 22.8 Å². The summed E-state index contributed by atoms with van der Waals surface area (Å²) in [5, 5.41) is 13.1. The zero-order chi connectivity index (χ0) is 19.5. The molecule has 5 heteroatoms. The van der Waals surface area contributed by atoms with Crippen LogP contribution in [-0.2, 0) is 4.79 Å². The molecule has 0 aliphatic carbocycles. The van der Waals surface area contributed by atoms with Crippen LogP contribution < -0.4 is 5.32 Å². The Morgan fingerprint density at radius 2 is 1.89 bits per heavy atom. The van der Waals surface area contributed by atoms with E-state index in [1.54, 1.807) is 24.3 Å². The van der Waals surface area contributed by atoms with Gasteiger partial charge in [-0.05, 0) is 74.7 Å². The topological polar surface area (TPSA) is 71.9 Å². The van der Waals surface area contributed by atoms with Gasteiger partial charge < -0.3 is 10.3 Å². The normalized spacial score (nSPS) is 16.6. The second-order valence-corrected chi connectivity index (χ2v) is 7.45. The Labute approximate surface area is 165 Å². The molecule has 0 saturated carbocycles. The molecular formula is C23H24N4O. The van der Waals surface area contributed by atoms with Gasteiger partial charge >= 0.3 is 0 Å². The summed E-state index contributed by atoms with van der Waals surface area (Å²) in [6.45, 7) is 3.78. The fraction of sp³-hybridized carbons (Fsp3) is 0.304. The largest absolute Gasteiger partial charge is 0.361 e. The molecular weight excluding hydrogens is 348 g/mol. The van der Waals surface area contributed by atoms with E-state index in [1.165, 1.54) is 16.5 Å². The predicted octanol–water partition coefficient (Wildman–Crippen LogP) is 4.25. The number of rotatable bonds is 4. The molecule has 1 saturated heterocycles. The van der Waals surface area contributed by atoms with Crippen LogP contribution in [0, 0.1) is 11.3 Å².